The van der Waals surface area contributed by atoms with Crippen LogP contribution in [0.4, 0.5) is 4.39 Å². The van der Waals surface area contributed by atoms with Crippen molar-refractivity contribution < 1.29 is 9.18 Å². The van der Waals surface area contributed by atoms with Gasteiger partial charge < -0.3 is 4.90 Å². The zero-order valence-corrected chi connectivity index (χ0v) is 17.7. The van der Waals surface area contributed by atoms with Gasteiger partial charge in [0.15, 0.2) is 0 Å². The number of hydrogen-bond acceptors (Lipinski definition) is 2. The molecule has 1 aliphatic carbocycles. The maximum absolute atomic E-state index is 13.3. The molecule has 0 unspecified atom stereocenters. The molecule has 3 nitrogen and oxygen atoms in total. The number of aryl methyl sites for hydroxylation is 2. The smallest absolute Gasteiger partial charge is 0.223 e. The van der Waals surface area contributed by atoms with E-state index in [1.165, 1.54) is 42.5 Å². The molecule has 2 heterocycles. The maximum atomic E-state index is 13.3. The number of amides is 1. The molecule has 4 heteroatoms. The van der Waals surface area contributed by atoms with Crippen molar-refractivity contribution in [1.82, 2.24) is 9.80 Å². The van der Waals surface area contributed by atoms with E-state index in [0.29, 0.717) is 13.0 Å². The zero-order chi connectivity index (χ0) is 20.6. The Morgan fingerprint density at radius 1 is 0.800 bits per heavy atom. The Bertz CT molecular complexity index is 925. The summed E-state index contributed by atoms with van der Waals surface area (Å²) in [4.78, 5) is 17.4. The molecule has 5 rings (SSSR count). The number of carbonyl (C=O) groups excluding carboxylic acids is 1. The lowest BCUT2D eigenvalue weighted by atomic mass is 9.87. The van der Waals surface area contributed by atoms with Crippen molar-refractivity contribution in [1.29, 1.82) is 0 Å². The van der Waals surface area contributed by atoms with Gasteiger partial charge in [0.2, 0.25) is 5.91 Å². The van der Waals surface area contributed by atoms with E-state index in [4.69, 9.17) is 0 Å². The molecule has 0 radical (unpaired) electrons. The van der Waals surface area contributed by atoms with Crippen LogP contribution in [0, 0.1) is 5.82 Å². The Balaban J connectivity index is 1.27. The highest BCUT2D eigenvalue weighted by atomic mass is 19.1. The second-order valence-corrected chi connectivity index (χ2v) is 9.42. The average molecular weight is 407 g/mol. The summed E-state index contributed by atoms with van der Waals surface area (Å²) in [5, 5.41) is 0. The second-order valence-electron chi connectivity index (χ2n) is 9.42. The van der Waals surface area contributed by atoms with Crippen LogP contribution < -0.4 is 0 Å². The highest BCUT2D eigenvalue weighted by Crippen LogP contribution is 2.40. The molecule has 2 aromatic carbocycles. The lowest BCUT2D eigenvalue weighted by Gasteiger charge is -2.38. The van der Waals surface area contributed by atoms with Gasteiger partial charge in [0, 0.05) is 31.6 Å². The third-order valence-electron chi connectivity index (χ3n) is 7.51. The molecular formula is C26H31FN2O. The molecule has 0 saturated carbocycles. The molecule has 0 bridgehead atoms. The second kappa shape index (κ2) is 8.14. The van der Waals surface area contributed by atoms with Crippen molar-refractivity contribution in [2.24, 2.45) is 0 Å². The van der Waals surface area contributed by atoms with Crippen molar-refractivity contribution >= 4 is 5.91 Å². The standard InChI is InChI=1S/C26H31FN2O/c27-24-9-6-20(7-10-24)19-29-25(30)11-13-26(29)12-2-15-28(16-14-26)18-21-5-8-22-3-1-4-23(22)17-21/h5-10,17H,1-4,11-16,18-19H2/t26-/m0/s1. The van der Waals surface area contributed by atoms with Crippen LogP contribution >= 0.6 is 0 Å². The van der Waals surface area contributed by atoms with Gasteiger partial charge in [0.05, 0.1) is 0 Å². The van der Waals surface area contributed by atoms with Crippen LogP contribution in [-0.2, 0) is 30.7 Å². The van der Waals surface area contributed by atoms with Crippen LogP contribution in [0.1, 0.15) is 60.8 Å². The molecule has 30 heavy (non-hydrogen) atoms. The Labute approximate surface area is 178 Å². The topological polar surface area (TPSA) is 23.6 Å². The van der Waals surface area contributed by atoms with E-state index in [1.54, 1.807) is 5.56 Å². The minimum atomic E-state index is -0.224. The van der Waals surface area contributed by atoms with E-state index >= 15 is 0 Å². The fourth-order valence-electron chi connectivity index (χ4n) is 5.80. The van der Waals surface area contributed by atoms with Gasteiger partial charge >= 0.3 is 0 Å². The molecule has 2 aromatic rings. The monoisotopic (exact) mass is 406 g/mol. The summed E-state index contributed by atoms with van der Waals surface area (Å²) in [7, 11) is 0. The van der Waals surface area contributed by atoms with E-state index in [-0.39, 0.29) is 17.3 Å². The Hall–Kier alpha value is -2.20. The van der Waals surface area contributed by atoms with Crippen LogP contribution in [-0.4, -0.2) is 34.3 Å². The first-order valence-electron chi connectivity index (χ1n) is 11.5. The predicted octanol–water partition coefficient (Wildman–Crippen LogP) is 4.86. The molecular weight excluding hydrogens is 375 g/mol. The van der Waals surface area contributed by atoms with Crippen molar-refractivity contribution in [2.75, 3.05) is 13.1 Å². The van der Waals surface area contributed by atoms with Gasteiger partial charge in [0.1, 0.15) is 5.82 Å². The highest BCUT2D eigenvalue weighted by Gasteiger charge is 2.45. The number of halogens is 1. The number of likely N-dealkylation sites (tertiary alicyclic amines) is 2. The zero-order valence-electron chi connectivity index (χ0n) is 17.7. The number of benzene rings is 2. The summed E-state index contributed by atoms with van der Waals surface area (Å²) >= 11 is 0. The Morgan fingerprint density at radius 3 is 2.47 bits per heavy atom. The largest absolute Gasteiger partial charge is 0.333 e. The molecule has 1 spiro atoms. The predicted molar refractivity (Wildman–Crippen MR) is 117 cm³/mol. The quantitative estimate of drug-likeness (QED) is 0.724. The van der Waals surface area contributed by atoms with Crippen LogP contribution in [0.15, 0.2) is 42.5 Å². The van der Waals surface area contributed by atoms with E-state index in [9.17, 15) is 9.18 Å². The maximum Gasteiger partial charge on any atom is 0.223 e. The molecule has 1 atom stereocenters. The molecule has 2 aliphatic heterocycles. The molecule has 2 fully saturated rings. The fraction of sp³-hybridized carbons (Fsp3) is 0.500. The average Bonchev–Trinajstić information content (AvgIpc) is 3.26. The van der Waals surface area contributed by atoms with Crippen molar-refractivity contribution in [2.45, 2.75) is 70.0 Å². The summed E-state index contributed by atoms with van der Waals surface area (Å²) in [5.74, 6) is 0.0317. The van der Waals surface area contributed by atoms with Crippen molar-refractivity contribution in [3.8, 4) is 0 Å². The summed E-state index contributed by atoms with van der Waals surface area (Å²) in [6.07, 6.45) is 8.59. The van der Waals surface area contributed by atoms with Gasteiger partial charge in [-0.05, 0) is 85.9 Å². The molecule has 2 saturated heterocycles. The molecule has 1 amide bonds. The molecule has 3 aliphatic rings. The van der Waals surface area contributed by atoms with Gasteiger partial charge in [-0.2, -0.15) is 0 Å². The SMILES string of the molecule is O=C1CC[C@]2(CCCN(Cc3ccc4c(c3)CCC4)CC2)N1Cc1ccc(F)cc1. The lowest BCUT2D eigenvalue weighted by molar-refractivity contribution is -0.132. The summed E-state index contributed by atoms with van der Waals surface area (Å²) in [5.41, 5.74) is 5.50. The van der Waals surface area contributed by atoms with Crippen LogP contribution in [0.3, 0.4) is 0 Å². The number of carbonyl (C=O) groups is 1. The minimum Gasteiger partial charge on any atom is -0.333 e. The third kappa shape index (κ3) is 3.90. The van der Waals surface area contributed by atoms with Crippen LogP contribution in [0.25, 0.3) is 0 Å². The minimum absolute atomic E-state index is 0.0296. The lowest BCUT2D eigenvalue weighted by Crippen LogP contribution is -2.45. The van der Waals surface area contributed by atoms with Gasteiger partial charge in [-0.3, -0.25) is 9.69 Å². The number of hydrogen-bond donors (Lipinski definition) is 0. The summed E-state index contributed by atoms with van der Waals surface area (Å²) < 4.78 is 13.3. The Morgan fingerprint density at radius 2 is 1.60 bits per heavy atom. The first-order chi connectivity index (χ1) is 14.6. The third-order valence-corrected chi connectivity index (χ3v) is 7.51. The molecule has 0 N–H and O–H groups in total. The fourth-order valence-corrected chi connectivity index (χ4v) is 5.80. The van der Waals surface area contributed by atoms with Crippen molar-refractivity contribution in [3.63, 3.8) is 0 Å². The van der Waals surface area contributed by atoms with E-state index < -0.39 is 0 Å². The first kappa shape index (κ1) is 19.7. The van der Waals surface area contributed by atoms with Crippen LogP contribution in [0.2, 0.25) is 0 Å². The normalized spacial score (nSPS) is 24.4. The molecule has 158 valence electrons. The first-order valence-corrected chi connectivity index (χ1v) is 11.5. The number of fused-ring (bicyclic) bond motifs is 1. The van der Waals surface area contributed by atoms with Gasteiger partial charge in [-0.25, -0.2) is 4.39 Å². The number of rotatable bonds is 4. The van der Waals surface area contributed by atoms with E-state index in [0.717, 1.165) is 50.9 Å². The van der Waals surface area contributed by atoms with Gasteiger partial charge in [-0.1, -0.05) is 30.3 Å². The van der Waals surface area contributed by atoms with E-state index in [2.05, 4.69) is 28.0 Å². The highest BCUT2D eigenvalue weighted by molar-refractivity contribution is 5.79. The van der Waals surface area contributed by atoms with Crippen LogP contribution in [0.5, 0.6) is 0 Å². The van der Waals surface area contributed by atoms with Crippen molar-refractivity contribution in [3.05, 3.63) is 70.5 Å². The Kier molecular flexibility index (Phi) is 5.36. The summed E-state index contributed by atoms with van der Waals surface area (Å²) in [6, 6.07) is 13.7. The number of nitrogens with zero attached hydrogens (tertiary/aromatic N) is 2. The van der Waals surface area contributed by atoms with Gasteiger partial charge in [0.25, 0.3) is 0 Å². The summed E-state index contributed by atoms with van der Waals surface area (Å²) in [6.45, 7) is 3.74. The molecule has 0 aromatic heterocycles. The van der Waals surface area contributed by atoms with E-state index in [1.807, 2.05) is 12.1 Å². The van der Waals surface area contributed by atoms with Gasteiger partial charge in [-0.15, -0.1) is 0 Å².